The number of hydrogen-bond acceptors (Lipinski definition) is 4. The van der Waals surface area contributed by atoms with Crippen molar-refractivity contribution < 1.29 is 14.6 Å². The second-order valence-electron chi connectivity index (χ2n) is 6.21. The van der Waals surface area contributed by atoms with E-state index in [1.807, 2.05) is 30.9 Å². The van der Waals surface area contributed by atoms with Crippen LogP contribution in [0.3, 0.4) is 0 Å². The number of carbonyl (C=O) groups excluding carboxylic acids is 1. The minimum atomic E-state index is 0.0942. The molecule has 1 fully saturated rings. The molecule has 1 amide bonds. The quantitative estimate of drug-likeness (QED) is 0.683. The van der Waals surface area contributed by atoms with Crippen LogP contribution in [0.1, 0.15) is 32.3 Å². The third-order valence-electron chi connectivity index (χ3n) is 4.64. The van der Waals surface area contributed by atoms with Gasteiger partial charge in [-0.15, -0.1) is 0 Å². The highest BCUT2D eigenvalue weighted by molar-refractivity contribution is 14.1. The molecule has 0 spiro atoms. The number of hydrogen-bond donors (Lipinski definition) is 1. The molecule has 1 N–H and O–H groups in total. The lowest BCUT2D eigenvalue weighted by Crippen LogP contribution is -2.44. The number of rotatable bonds is 6. The minimum absolute atomic E-state index is 0.0942. The summed E-state index contributed by atoms with van der Waals surface area (Å²) in [5.41, 5.74) is 1.10. The van der Waals surface area contributed by atoms with Crippen molar-refractivity contribution in [1.82, 2.24) is 9.80 Å². The molecular formula is C18H27IN2O3. The second-order valence-corrected chi connectivity index (χ2v) is 7.38. The van der Waals surface area contributed by atoms with Crippen molar-refractivity contribution in [2.75, 3.05) is 33.3 Å². The number of phenols is 1. The van der Waals surface area contributed by atoms with Crippen LogP contribution in [0.2, 0.25) is 0 Å². The zero-order valence-corrected chi connectivity index (χ0v) is 16.9. The molecule has 0 aliphatic carbocycles. The Kier molecular flexibility index (Phi) is 7.16. The van der Waals surface area contributed by atoms with E-state index in [4.69, 9.17) is 4.74 Å². The number of aromatic hydroxyl groups is 1. The topological polar surface area (TPSA) is 53.0 Å². The maximum absolute atomic E-state index is 12.6. The largest absolute Gasteiger partial charge is 0.504 e. The fourth-order valence-corrected chi connectivity index (χ4v) is 3.99. The van der Waals surface area contributed by atoms with Gasteiger partial charge < -0.3 is 14.7 Å². The number of benzene rings is 1. The molecule has 0 aromatic heterocycles. The van der Waals surface area contributed by atoms with Gasteiger partial charge in [-0.3, -0.25) is 9.69 Å². The van der Waals surface area contributed by atoms with Gasteiger partial charge in [0.15, 0.2) is 11.5 Å². The van der Waals surface area contributed by atoms with E-state index in [0.717, 1.165) is 54.7 Å². The summed E-state index contributed by atoms with van der Waals surface area (Å²) in [6.07, 6.45) is 2.02. The van der Waals surface area contributed by atoms with Crippen molar-refractivity contribution >= 4 is 28.5 Å². The average Bonchev–Trinajstić information content (AvgIpc) is 2.59. The van der Waals surface area contributed by atoms with Crippen LogP contribution in [0.15, 0.2) is 12.1 Å². The average molecular weight is 446 g/mol. The smallest absolute Gasteiger partial charge is 0.226 e. The predicted molar refractivity (Wildman–Crippen MR) is 103 cm³/mol. The Balaban J connectivity index is 2.05. The van der Waals surface area contributed by atoms with Crippen molar-refractivity contribution in [2.45, 2.75) is 33.2 Å². The first-order valence-electron chi connectivity index (χ1n) is 8.56. The molecule has 5 nitrogen and oxygen atoms in total. The Morgan fingerprint density at radius 1 is 1.42 bits per heavy atom. The van der Waals surface area contributed by atoms with Crippen molar-refractivity contribution in [3.05, 3.63) is 21.3 Å². The molecule has 0 bridgehead atoms. The summed E-state index contributed by atoms with van der Waals surface area (Å²) in [5.74, 6) is 1.07. The number of carbonyl (C=O) groups is 1. The number of methoxy groups -OCH3 is 1. The maximum Gasteiger partial charge on any atom is 0.226 e. The molecule has 1 aromatic carbocycles. The lowest BCUT2D eigenvalue weighted by molar-refractivity contribution is -0.137. The van der Waals surface area contributed by atoms with Crippen LogP contribution < -0.4 is 4.74 Å². The highest BCUT2D eigenvalue weighted by Crippen LogP contribution is 2.33. The molecule has 24 heavy (non-hydrogen) atoms. The van der Waals surface area contributed by atoms with Gasteiger partial charge in [-0.2, -0.15) is 0 Å². The van der Waals surface area contributed by atoms with Crippen LogP contribution in [-0.2, 0) is 11.3 Å². The number of phenolic OH excluding ortho intramolecular Hbond substituents is 1. The fraction of sp³-hybridized carbons (Fsp3) is 0.611. The monoisotopic (exact) mass is 446 g/mol. The van der Waals surface area contributed by atoms with E-state index < -0.39 is 0 Å². The van der Waals surface area contributed by atoms with Crippen molar-refractivity contribution in [3.8, 4) is 11.5 Å². The molecule has 0 radical (unpaired) electrons. The molecule has 1 saturated heterocycles. The van der Waals surface area contributed by atoms with Crippen LogP contribution in [-0.4, -0.2) is 54.1 Å². The third-order valence-corrected chi connectivity index (χ3v) is 5.47. The van der Waals surface area contributed by atoms with Crippen LogP contribution in [0.25, 0.3) is 0 Å². The van der Waals surface area contributed by atoms with Crippen molar-refractivity contribution in [1.29, 1.82) is 0 Å². The maximum atomic E-state index is 12.6. The summed E-state index contributed by atoms with van der Waals surface area (Å²) in [4.78, 5) is 16.9. The first kappa shape index (κ1) is 19.3. The number of amides is 1. The van der Waals surface area contributed by atoms with Crippen LogP contribution in [0.4, 0.5) is 0 Å². The van der Waals surface area contributed by atoms with E-state index in [0.29, 0.717) is 5.75 Å². The number of piperidine rings is 1. The normalized spacial score (nSPS) is 18.4. The highest BCUT2D eigenvalue weighted by atomic mass is 127. The van der Waals surface area contributed by atoms with Crippen LogP contribution in [0, 0.1) is 9.49 Å². The molecule has 1 heterocycles. The zero-order chi connectivity index (χ0) is 17.7. The fourth-order valence-electron chi connectivity index (χ4n) is 3.33. The summed E-state index contributed by atoms with van der Waals surface area (Å²) in [6, 6.07) is 3.86. The van der Waals surface area contributed by atoms with Gasteiger partial charge >= 0.3 is 0 Å². The van der Waals surface area contributed by atoms with Gasteiger partial charge in [-0.05, 0) is 73.5 Å². The number of nitrogens with zero attached hydrogens (tertiary/aromatic N) is 2. The molecule has 0 saturated carbocycles. The molecule has 6 heteroatoms. The van der Waals surface area contributed by atoms with E-state index in [1.54, 1.807) is 7.11 Å². The zero-order valence-electron chi connectivity index (χ0n) is 14.7. The summed E-state index contributed by atoms with van der Waals surface area (Å²) < 4.78 is 6.03. The molecular weight excluding hydrogens is 419 g/mol. The van der Waals surface area contributed by atoms with E-state index >= 15 is 0 Å². The molecule has 1 aliphatic heterocycles. The third kappa shape index (κ3) is 4.53. The van der Waals surface area contributed by atoms with Gasteiger partial charge in [0.2, 0.25) is 5.91 Å². The molecule has 1 atom stereocenters. The van der Waals surface area contributed by atoms with Gasteiger partial charge in [-0.25, -0.2) is 0 Å². The Hall–Kier alpha value is -1.02. The summed E-state index contributed by atoms with van der Waals surface area (Å²) >= 11 is 2.12. The lowest BCUT2D eigenvalue weighted by atomic mass is 9.96. The standard InChI is InChI=1S/C18H27IN2O3/c1-4-21(5-2)18(23)14-7-6-8-20(12-14)11-13-9-15(19)17(22)16(10-13)24-3/h9-10,14,22H,4-8,11-12H2,1-3H3/t14-/m0/s1. The molecule has 1 aliphatic rings. The van der Waals surface area contributed by atoms with Crippen molar-refractivity contribution in [3.63, 3.8) is 0 Å². The first-order valence-corrected chi connectivity index (χ1v) is 9.64. The van der Waals surface area contributed by atoms with Gasteiger partial charge in [-0.1, -0.05) is 0 Å². The van der Waals surface area contributed by atoms with Crippen molar-refractivity contribution in [2.24, 2.45) is 5.92 Å². The van der Waals surface area contributed by atoms with E-state index in [-0.39, 0.29) is 17.6 Å². The molecule has 0 unspecified atom stereocenters. The molecule has 1 aromatic rings. The molecule has 134 valence electrons. The first-order chi connectivity index (χ1) is 11.5. The Morgan fingerprint density at radius 3 is 2.75 bits per heavy atom. The minimum Gasteiger partial charge on any atom is -0.504 e. The van der Waals surface area contributed by atoms with Gasteiger partial charge in [0.1, 0.15) is 0 Å². The van der Waals surface area contributed by atoms with Gasteiger partial charge in [0.05, 0.1) is 16.6 Å². The van der Waals surface area contributed by atoms with Crippen LogP contribution in [0.5, 0.6) is 11.5 Å². The number of halogens is 1. The Bertz CT molecular complexity index is 576. The van der Waals surface area contributed by atoms with E-state index in [2.05, 4.69) is 27.5 Å². The summed E-state index contributed by atoms with van der Waals surface area (Å²) in [7, 11) is 1.56. The SMILES string of the molecule is CCN(CC)C(=O)[C@H]1CCCN(Cc2cc(I)c(O)c(OC)c2)C1. The summed E-state index contributed by atoms with van der Waals surface area (Å²) in [5, 5.41) is 9.96. The summed E-state index contributed by atoms with van der Waals surface area (Å²) in [6.45, 7) is 8.20. The van der Waals surface area contributed by atoms with E-state index in [9.17, 15) is 9.90 Å². The Labute approximate surface area is 158 Å². The number of likely N-dealkylation sites (tertiary alicyclic amines) is 1. The van der Waals surface area contributed by atoms with Gasteiger partial charge in [0, 0.05) is 26.2 Å². The van der Waals surface area contributed by atoms with Gasteiger partial charge in [0.25, 0.3) is 0 Å². The van der Waals surface area contributed by atoms with E-state index in [1.165, 1.54) is 0 Å². The second kappa shape index (κ2) is 8.89. The highest BCUT2D eigenvalue weighted by Gasteiger charge is 2.28. The lowest BCUT2D eigenvalue weighted by Gasteiger charge is -2.34. The Morgan fingerprint density at radius 2 is 2.12 bits per heavy atom. The molecule has 2 rings (SSSR count). The van der Waals surface area contributed by atoms with Crippen LogP contribution >= 0.6 is 22.6 Å². The predicted octanol–water partition coefficient (Wildman–Crippen LogP) is 3.09. The number of ether oxygens (including phenoxy) is 1.